The lowest BCUT2D eigenvalue weighted by Gasteiger charge is -2.28. The number of carbonyl (C=O) groups is 6. The standard InChI is InChI=1S/C24H32N6O9/c1-13(25-19(31)10-11-20(32)33)21(34)27-15(3)24(37)29-12-4-5-18(29)23(36)26-14(2)22(35)28-16-6-8-17(9-7-16)30(38)39/h6-9,13-15,18H,4-5,10-12H2,1-3H3,(H,25,31)(H,26,36)(H,27,34)(H,28,35)(H,32,33)/t13-,14-,15+,18+/m0/s1. The van der Waals surface area contributed by atoms with Gasteiger partial charge in [-0.1, -0.05) is 0 Å². The predicted octanol–water partition coefficient (Wildman–Crippen LogP) is -0.0968. The van der Waals surface area contributed by atoms with Crippen molar-refractivity contribution < 1.29 is 38.8 Å². The number of non-ortho nitro benzene ring substituents is 1. The van der Waals surface area contributed by atoms with Crippen molar-refractivity contribution in [2.45, 2.75) is 70.6 Å². The maximum absolute atomic E-state index is 13.0. The number of nitrogens with one attached hydrogen (secondary N) is 4. The fourth-order valence-corrected chi connectivity index (χ4v) is 3.84. The second kappa shape index (κ2) is 13.8. The number of nitro benzene ring substituents is 1. The number of aliphatic carboxylic acids is 1. The molecule has 1 fully saturated rings. The smallest absolute Gasteiger partial charge is 0.303 e. The molecule has 1 aromatic carbocycles. The first kappa shape index (κ1) is 30.7. The van der Waals surface area contributed by atoms with E-state index in [1.165, 1.54) is 49.9 Å². The van der Waals surface area contributed by atoms with Crippen LogP contribution in [-0.2, 0) is 28.8 Å². The molecule has 0 aromatic heterocycles. The van der Waals surface area contributed by atoms with Crippen LogP contribution in [0.25, 0.3) is 0 Å². The van der Waals surface area contributed by atoms with Crippen molar-refractivity contribution in [3.8, 4) is 0 Å². The van der Waals surface area contributed by atoms with Crippen LogP contribution in [0.2, 0.25) is 0 Å². The number of benzene rings is 1. The lowest BCUT2D eigenvalue weighted by molar-refractivity contribution is -0.384. The van der Waals surface area contributed by atoms with Crippen molar-refractivity contribution in [3.63, 3.8) is 0 Å². The van der Waals surface area contributed by atoms with Crippen molar-refractivity contribution in [2.75, 3.05) is 11.9 Å². The molecular formula is C24H32N6O9. The highest BCUT2D eigenvalue weighted by atomic mass is 16.6. The Hall–Kier alpha value is -4.56. The van der Waals surface area contributed by atoms with Crippen LogP contribution in [0, 0.1) is 10.1 Å². The summed E-state index contributed by atoms with van der Waals surface area (Å²) in [4.78, 5) is 84.6. The number of nitrogens with zero attached hydrogens (tertiary/aromatic N) is 2. The first-order valence-electron chi connectivity index (χ1n) is 12.3. The van der Waals surface area contributed by atoms with E-state index in [4.69, 9.17) is 5.11 Å². The SMILES string of the molecule is C[C@H](NC(=O)CCC(=O)O)C(=O)N[C@H](C)C(=O)N1CCC[C@@H]1C(=O)N[C@@H](C)C(=O)Nc1ccc([N+](=O)[O-])cc1. The van der Waals surface area contributed by atoms with Gasteiger partial charge in [0.05, 0.1) is 11.3 Å². The number of hydrogen-bond acceptors (Lipinski definition) is 8. The highest BCUT2D eigenvalue weighted by molar-refractivity contribution is 5.99. The molecule has 2 rings (SSSR count). The van der Waals surface area contributed by atoms with Gasteiger partial charge in [-0.25, -0.2) is 0 Å². The summed E-state index contributed by atoms with van der Waals surface area (Å²) in [7, 11) is 0. The Morgan fingerprint density at radius 3 is 2.15 bits per heavy atom. The summed E-state index contributed by atoms with van der Waals surface area (Å²) in [5.74, 6) is -4.06. The Bertz CT molecular complexity index is 1120. The average molecular weight is 549 g/mol. The van der Waals surface area contributed by atoms with Gasteiger partial charge in [-0.3, -0.25) is 38.9 Å². The number of anilines is 1. The Kier molecular flexibility index (Phi) is 10.9. The first-order valence-corrected chi connectivity index (χ1v) is 12.3. The molecule has 4 atom stereocenters. The van der Waals surface area contributed by atoms with Gasteiger partial charge in [-0.2, -0.15) is 0 Å². The lowest BCUT2D eigenvalue weighted by atomic mass is 10.1. The zero-order chi connectivity index (χ0) is 29.3. The fraction of sp³-hybridized carbons (Fsp3) is 0.500. The van der Waals surface area contributed by atoms with E-state index in [2.05, 4.69) is 21.3 Å². The van der Waals surface area contributed by atoms with Gasteiger partial charge in [-0.15, -0.1) is 0 Å². The molecule has 15 nitrogen and oxygen atoms in total. The van der Waals surface area contributed by atoms with Gasteiger partial charge in [0.15, 0.2) is 0 Å². The third kappa shape index (κ3) is 9.05. The van der Waals surface area contributed by atoms with Crippen LogP contribution >= 0.6 is 0 Å². The first-order chi connectivity index (χ1) is 18.3. The Morgan fingerprint density at radius 1 is 0.949 bits per heavy atom. The van der Waals surface area contributed by atoms with Gasteiger partial charge in [0, 0.05) is 30.8 Å². The summed E-state index contributed by atoms with van der Waals surface area (Å²) in [6.07, 6.45) is 0.204. The third-order valence-electron chi connectivity index (χ3n) is 6.00. The molecule has 212 valence electrons. The van der Waals surface area contributed by atoms with Crippen LogP contribution in [0.15, 0.2) is 24.3 Å². The number of carboxylic acids is 1. The van der Waals surface area contributed by atoms with Crippen molar-refractivity contribution in [1.82, 2.24) is 20.9 Å². The highest BCUT2D eigenvalue weighted by Crippen LogP contribution is 2.19. The molecule has 1 heterocycles. The third-order valence-corrected chi connectivity index (χ3v) is 6.00. The van der Waals surface area contributed by atoms with Gasteiger partial charge in [0.25, 0.3) is 5.69 Å². The van der Waals surface area contributed by atoms with Crippen LogP contribution in [0.3, 0.4) is 0 Å². The largest absolute Gasteiger partial charge is 0.481 e. The normalized spacial score (nSPS) is 16.8. The summed E-state index contributed by atoms with van der Waals surface area (Å²) in [6.45, 7) is 4.55. The molecule has 0 bridgehead atoms. The van der Waals surface area contributed by atoms with Gasteiger partial charge in [0.2, 0.25) is 29.5 Å². The highest BCUT2D eigenvalue weighted by Gasteiger charge is 2.37. The summed E-state index contributed by atoms with van der Waals surface area (Å²) < 4.78 is 0. The Balaban J connectivity index is 1.89. The average Bonchev–Trinajstić information content (AvgIpc) is 3.37. The molecule has 1 saturated heterocycles. The minimum absolute atomic E-state index is 0.138. The van der Waals surface area contributed by atoms with Gasteiger partial charge < -0.3 is 31.3 Å². The van der Waals surface area contributed by atoms with Crippen molar-refractivity contribution >= 4 is 46.9 Å². The van der Waals surface area contributed by atoms with E-state index in [9.17, 15) is 38.9 Å². The second-order valence-corrected chi connectivity index (χ2v) is 9.13. The van der Waals surface area contributed by atoms with Crippen molar-refractivity contribution in [2.24, 2.45) is 0 Å². The van der Waals surface area contributed by atoms with Crippen LogP contribution in [0.5, 0.6) is 0 Å². The van der Waals surface area contributed by atoms with Gasteiger partial charge in [-0.05, 0) is 45.7 Å². The number of hydrogen-bond donors (Lipinski definition) is 5. The number of rotatable bonds is 12. The molecule has 0 unspecified atom stereocenters. The van der Waals surface area contributed by atoms with Crippen LogP contribution in [0.4, 0.5) is 11.4 Å². The van der Waals surface area contributed by atoms with Crippen LogP contribution in [0.1, 0.15) is 46.5 Å². The molecule has 1 aliphatic rings. The molecule has 15 heteroatoms. The number of amides is 5. The topological polar surface area (TPSA) is 217 Å². The molecule has 0 spiro atoms. The number of nitro groups is 1. The molecule has 5 amide bonds. The molecule has 0 saturated carbocycles. The van der Waals surface area contributed by atoms with E-state index in [1.54, 1.807) is 0 Å². The molecule has 1 aromatic rings. The Labute approximate surface area is 223 Å². The quantitative estimate of drug-likeness (QED) is 0.174. The summed E-state index contributed by atoms with van der Waals surface area (Å²) in [6, 6.07) is 1.30. The zero-order valence-electron chi connectivity index (χ0n) is 21.8. The second-order valence-electron chi connectivity index (χ2n) is 9.13. The van der Waals surface area contributed by atoms with E-state index < -0.39 is 64.6 Å². The lowest BCUT2D eigenvalue weighted by Crippen LogP contribution is -2.56. The van der Waals surface area contributed by atoms with Crippen LogP contribution in [-0.4, -0.2) is 81.1 Å². The Morgan fingerprint density at radius 2 is 1.56 bits per heavy atom. The van der Waals surface area contributed by atoms with Crippen LogP contribution < -0.4 is 21.3 Å². The summed E-state index contributed by atoms with van der Waals surface area (Å²) in [5.41, 5.74) is 0.168. The summed E-state index contributed by atoms with van der Waals surface area (Å²) in [5, 5.41) is 29.4. The number of carboxylic acid groups (broad SMARTS) is 1. The van der Waals surface area contributed by atoms with E-state index in [-0.39, 0.29) is 25.1 Å². The molecule has 5 N–H and O–H groups in total. The number of likely N-dealkylation sites (tertiary alicyclic amines) is 1. The minimum atomic E-state index is -1.15. The molecule has 39 heavy (non-hydrogen) atoms. The fourth-order valence-electron chi connectivity index (χ4n) is 3.84. The molecule has 0 radical (unpaired) electrons. The maximum Gasteiger partial charge on any atom is 0.303 e. The van der Waals surface area contributed by atoms with E-state index in [0.717, 1.165) is 0 Å². The van der Waals surface area contributed by atoms with E-state index in [1.807, 2.05) is 0 Å². The molecule has 0 aliphatic carbocycles. The maximum atomic E-state index is 13.0. The van der Waals surface area contributed by atoms with E-state index in [0.29, 0.717) is 18.5 Å². The van der Waals surface area contributed by atoms with E-state index >= 15 is 0 Å². The monoisotopic (exact) mass is 548 g/mol. The minimum Gasteiger partial charge on any atom is -0.481 e. The molecule has 1 aliphatic heterocycles. The van der Waals surface area contributed by atoms with Crippen molar-refractivity contribution in [3.05, 3.63) is 34.4 Å². The number of carbonyl (C=O) groups excluding carboxylic acids is 5. The van der Waals surface area contributed by atoms with Gasteiger partial charge in [0.1, 0.15) is 24.2 Å². The zero-order valence-corrected chi connectivity index (χ0v) is 21.8. The predicted molar refractivity (Wildman–Crippen MR) is 136 cm³/mol. The van der Waals surface area contributed by atoms with Gasteiger partial charge >= 0.3 is 5.97 Å². The summed E-state index contributed by atoms with van der Waals surface area (Å²) >= 11 is 0. The molecular weight excluding hydrogens is 516 g/mol. The van der Waals surface area contributed by atoms with Crippen molar-refractivity contribution in [1.29, 1.82) is 0 Å².